The molecule has 0 fully saturated rings. The summed E-state index contributed by atoms with van der Waals surface area (Å²) in [5.74, 6) is 0.115. The van der Waals surface area contributed by atoms with Crippen molar-refractivity contribution in [3.8, 4) is 16.3 Å². The molecule has 0 bridgehead atoms. The number of rotatable bonds is 5. The summed E-state index contributed by atoms with van der Waals surface area (Å²) in [4.78, 5) is 12.3. The quantitative estimate of drug-likeness (QED) is 0.667. The molecule has 0 saturated heterocycles. The molecule has 0 aliphatic carbocycles. The van der Waals surface area contributed by atoms with E-state index in [4.69, 9.17) is 27.9 Å². The third-order valence-electron chi connectivity index (χ3n) is 3.26. The number of nitrogens with zero attached hydrogens (tertiary/aromatic N) is 2. The van der Waals surface area contributed by atoms with Gasteiger partial charge in [0.2, 0.25) is 5.13 Å². The SMILES string of the molecule is C[C@H](Oc1ccccc1Cl)C(=O)Nc1nnc(-c2ccc(Cl)cc2)s1. The van der Waals surface area contributed by atoms with Crippen LogP contribution in [0.25, 0.3) is 10.6 Å². The molecule has 1 aromatic heterocycles. The van der Waals surface area contributed by atoms with Crippen LogP contribution < -0.4 is 10.1 Å². The number of anilines is 1. The zero-order valence-corrected chi connectivity index (χ0v) is 15.4. The van der Waals surface area contributed by atoms with E-state index in [1.54, 1.807) is 43.3 Å². The fourth-order valence-corrected chi connectivity index (χ4v) is 3.03. The Morgan fingerprint density at radius 3 is 2.56 bits per heavy atom. The first-order chi connectivity index (χ1) is 12.0. The Labute approximate surface area is 158 Å². The maximum Gasteiger partial charge on any atom is 0.266 e. The summed E-state index contributed by atoms with van der Waals surface area (Å²) < 4.78 is 5.58. The zero-order valence-electron chi connectivity index (χ0n) is 13.1. The molecule has 0 aliphatic rings. The Morgan fingerprint density at radius 1 is 1.12 bits per heavy atom. The Balaban J connectivity index is 1.65. The van der Waals surface area contributed by atoms with Crippen molar-refractivity contribution in [3.63, 3.8) is 0 Å². The average molecular weight is 394 g/mol. The molecule has 0 radical (unpaired) electrons. The predicted octanol–water partition coefficient (Wildman–Crippen LogP) is 4.92. The number of nitrogens with one attached hydrogen (secondary N) is 1. The number of halogens is 2. The van der Waals surface area contributed by atoms with Crippen molar-refractivity contribution < 1.29 is 9.53 Å². The van der Waals surface area contributed by atoms with Crippen molar-refractivity contribution in [1.29, 1.82) is 0 Å². The van der Waals surface area contributed by atoms with Gasteiger partial charge in [0.1, 0.15) is 10.8 Å². The second kappa shape index (κ2) is 7.82. The molecule has 25 heavy (non-hydrogen) atoms. The van der Waals surface area contributed by atoms with Crippen LogP contribution in [0.4, 0.5) is 5.13 Å². The van der Waals surface area contributed by atoms with Gasteiger partial charge in [-0.2, -0.15) is 0 Å². The number of benzene rings is 2. The van der Waals surface area contributed by atoms with Crippen molar-refractivity contribution in [2.45, 2.75) is 13.0 Å². The normalized spacial score (nSPS) is 11.8. The highest BCUT2D eigenvalue weighted by Crippen LogP contribution is 2.28. The van der Waals surface area contributed by atoms with E-state index in [1.807, 2.05) is 12.1 Å². The highest BCUT2D eigenvalue weighted by atomic mass is 35.5. The Hall–Kier alpha value is -2.15. The molecule has 3 rings (SSSR count). The maximum atomic E-state index is 12.3. The van der Waals surface area contributed by atoms with E-state index >= 15 is 0 Å². The largest absolute Gasteiger partial charge is 0.479 e. The lowest BCUT2D eigenvalue weighted by Gasteiger charge is -2.14. The van der Waals surface area contributed by atoms with Crippen molar-refractivity contribution in [2.24, 2.45) is 0 Å². The molecular formula is C17H13Cl2N3O2S. The Kier molecular flexibility index (Phi) is 5.53. The lowest BCUT2D eigenvalue weighted by Crippen LogP contribution is -2.30. The first-order valence-electron chi connectivity index (χ1n) is 7.34. The molecule has 1 atom stereocenters. The molecule has 128 valence electrons. The van der Waals surface area contributed by atoms with E-state index in [9.17, 15) is 4.79 Å². The summed E-state index contributed by atoms with van der Waals surface area (Å²) in [5, 5.41) is 12.9. The van der Waals surface area contributed by atoms with Crippen molar-refractivity contribution in [2.75, 3.05) is 5.32 Å². The van der Waals surface area contributed by atoms with Crippen LogP contribution in [-0.4, -0.2) is 22.2 Å². The third-order valence-corrected chi connectivity index (χ3v) is 4.71. The van der Waals surface area contributed by atoms with Crippen LogP contribution in [-0.2, 0) is 4.79 Å². The summed E-state index contributed by atoms with van der Waals surface area (Å²) in [6.07, 6.45) is -0.734. The molecule has 0 spiro atoms. The fraction of sp³-hybridized carbons (Fsp3) is 0.118. The van der Waals surface area contributed by atoms with Crippen LogP contribution in [0.3, 0.4) is 0 Å². The van der Waals surface area contributed by atoms with E-state index in [1.165, 1.54) is 11.3 Å². The van der Waals surface area contributed by atoms with Gasteiger partial charge in [-0.25, -0.2) is 0 Å². The number of ether oxygens (including phenoxy) is 1. The van der Waals surface area contributed by atoms with Gasteiger partial charge in [-0.15, -0.1) is 10.2 Å². The molecule has 1 heterocycles. The number of carbonyl (C=O) groups is 1. The number of aromatic nitrogens is 2. The maximum absolute atomic E-state index is 12.3. The highest BCUT2D eigenvalue weighted by Gasteiger charge is 2.18. The lowest BCUT2D eigenvalue weighted by molar-refractivity contribution is -0.122. The lowest BCUT2D eigenvalue weighted by atomic mass is 10.2. The standard InChI is InChI=1S/C17H13Cl2N3O2S/c1-10(24-14-5-3-2-4-13(14)19)15(23)20-17-22-21-16(25-17)11-6-8-12(18)9-7-11/h2-10H,1H3,(H,20,22,23)/t10-/m0/s1. The highest BCUT2D eigenvalue weighted by molar-refractivity contribution is 7.18. The molecule has 1 amide bonds. The van der Waals surface area contributed by atoms with Gasteiger partial charge >= 0.3 is 0 Å². The van der Waals surface area contributed by atoms with Crippen LogP contribution in [0.5, 0.6) is 5.75 Å². The summed E-state index contributed by atoms with van der Waals surface area (Å²) in [5.41, 5.74) is 0.878. The van der Waals surface area contributed by atoms with Crippen LogP contribution in [0.1, 0.15) is 6.92 Å². The van der Waals surface area contributed by atoms with Crippen molar-refractivity contribution >= 4 is 45.6 Å². The molecular weight excluding hydrogens is 381 g/mol. The van der Waals surface area contributed by atoms with Crippen LogP contribution in [0.15, 0.2) is 48.5 Å². The topological polar surface area (TPSA) is 64.1 Å². The molecule has 3 aromatic rings. The van der Waals surface area contributed by atoms with E-state index in [0.29, 0.717) is 25.9 Å². The minimum absolute atomic E-state index is 0.335. The van der Waals surface area contributed by atoms with Gasteiger partial charge in [0, 0.05) is 10.6 Å². The van der Waals surface area contributed by atoms with Gasteiger partial charge in [0.05, 0.1) is 5.02 Å². The predicted molar refractivity (Wildman–Crippen MR) is 101 cm³/mol. The Bertz CT molecular complexity index is 884. The minimum atomic E-state index is -0.734. The van der Waals surface area contributed by atoms with Gasteiger partial charge in [-0.1, -0.05) is 58.8 Å². The minimum Gasteiger partial charge on any atom is -0.479 e. The van der Waals surface area contributed by atoms with Crippen LogP contribution >= 0.6 is 34.5 Å². The smallest absolute Gasteiger partial charge is 0.266 e. The molecule has 1 N–H and O–H groups in total. The van der Waals surface area contributed by atoms with Gasteiger partial charge in [0.25, 0.3) is 5.91 Å². The first kappa shape index (κ1) is 17.7. The van der Waals surface area contributed by atoms with Crippen LogP contribution in [0.2, 0.25) is 10.0 Å². The third kappa shape index (κ3) is 4.48. The van der Waals surface area contributed by atoms with Gasteiger partial charge < -0.3 is 4.74 Å². The molecule has 5 nitrogen and oxygen atoms in total. The molecule has 0 saturated carbocycles. The van der Waals surface area contributed by atoms with E-state index in [0.717, 1.165) is 5.56 Å². The van der Waals surface area contributed by atoms with E-state index in [-0.39, 0.29) is 5.91 Å². The number of hydrogen-bond acceptors (Lipinski definition) is 5. The Morgan fingerprint density at radius 2 is 1.84 bits per heavy atom. The van der Waals surface area contributed by atoms with Crippen LogP contribution in [0, 0.1) is 0 Å². The number of hydrogen-bond donors (Lipinski definition) is 1. The van der Waals surface area contributed by atoms with Gasteiger partial charge in [-0.3, -0.25) is 10.1 Å². The number of amides is 1. The monoisotopic (exact) mass is 393 g/mol. The number of para-hydroxylation sites is 1. The van der Waals surface area contributed by atoms with Crippen molar-refractivity contribution in [1.82, 2.24) is 10.2 Å². The second-order valence-electron chi connectivity index (χ2n) is 5.10. The number of carbonyl (C=O) groups excluding carboxylic acids is 1. The van der Waals surface area contributed by atoms with Gasteiger partial charge in [-0.05, 0) is 31.2 Å². The average Bonchev–Trinajstić information content (AvgIpc) is 3.06. The van der Waals surface area contributed by atoms with E-state index < -0.39 is 6.10 Å². The van der Waals surface area contributed by atoms with Gasteiger partial charge in [0.15, 0.2) is 6.10 Å². The van der Waals surface area contributed by atoms with Crippen molar-refractivity contribution in [3.05, 3.63) is 58.6 Å². The molecule has 2 aromatic carbocycles. The van der Waals surface area contributed by atoms with E-state index in [2.05, 4.69) is 15.5 Å². The fourth-order valence-electron chi connectivity index (χ4n) is 1.97. The summed E-state index contributed by atoms with van der Waals surface area (Å²) in [7, 11) is 0. The summed E-state index contributed by atoms with van der Waals surface area (Å²) in [6.45, 7) is 1.64. The summed E-state index contributed by atoms with van der Waals surface area (Å²) in [6, 6.07) is 14.2. The summed E-state index contributed by atoms with van der Waals surface area (Å²) >= 11 is 13.2. The zero-order chi connectivity index (χ0) is 17.8. The molecule has 0 unspecified atom stereocenters. The second-order valence-corrected chi connectivity index (χ2v) is 6.92. The molecule has 0 aliphatic heterocycles. The molecule has 8 heteroatoms. The first-order valence-corrected chi connectivity index (χ1v) is 8.91.